The third-order valence-electron chi connectivity index (χ3n) is 4.25. The smallest absolute Gasteiger partial charge is 0.319 e. The first-order chi connectivity index (χ1) is 13.6. The monoisotopic (exact) mass is 378 g/mol. The Bertz CT molecular complexity index is 889. The molecule has 0 unspecified atom stereocenters. The van der Waals surface area contributed by atoms with E-state index in [9.17, 15) is 4.79 Å². The third kappa shape index (κ3) is 5.61. The Morgan fingerprint density at radius 3 is 2.64 bits per heavy atom. The van der Waals surface area contributed by atoms with Crippen molar-refractivity contribution >= 4 is 11.7 Å². The maximum Gasteiger partial charge on any atom is 0.319 e. The van der Waals surface area contributed by atoms with Gasteiger partial charge >= 0.3 is 6.03 Å². The first kappa shape index (κ1) is 19.5. The molecule has 3 aromatic rings. The average molecular weight is 378 g/mol. The van der Waals surface area contributed by atoms with E-state index in [1.807, 2.05) is 48.0 Å². The van der Waals surface area contributed by atoms with E-state index >= 15 is 0 Å². The minimum Gasteiger partial charge on any atom is -0.491 e. The van der Waals surface area contributed by atoms with Crippen LogP contribution in [-0.2, 0) is 13.1 Å². The van der Waals surface area contributed by atoms with Crippen LogP contribution in [0, 0.1) is 6.92 Å². The molecule has 0 aliphatic heterocycles. The lowest BCUT2D eigenvalue weighted by atomic mass is 10.1. The summed E-state index contributed by atoms with van der Waals surface area (Å²) in [4.78, 5) is 16.3. The third-order valence-corrected chi connectivity index (χ3v) is 4.25. The van der Waals surface area contributed by atoms with Gasteiger partial charge in [-0.3, -0.25) is 0 Å². The SMILES string of the molecule is CCCOc1cc(C)ccc1NC(=O)NCc1ccc(Cn2ccnc2)cc1. The summed E-state index contributed by atoms with van der Waals surface area (Å²) in [6.45, 7) is 5.90. The first-order valence-electron chi connectivity index (χ1n) is 9.46. The van der Waals surface area contributed by atoms with Crippen molar-refractivity contribution in [3.63, 3.8) is 0 Å². The van der Waals surface area contributed by atoms with Gasteiger partial charge in [0, 0.05) is 25.5 Å². The minimum absolute atomic E-state index is 0.257. The predicted molar refractivity (Wildman–Crippen MR) is 111 cm³/mol. The number of imidazole rings is 1. The van der Waals surface area contributed by atoms with Crippen molar-refractivity contribution < 1.29 is 9.53 Å². The van der Waals surface area contributed by atoms with Crippen LogP contribution in [-0.4, -0.2) is 22.2 Å². The Balaban J connectivity index is 1.53. The van der Waals surface area contributed by atoms with Crippen molar-refractivity contribution in [3.05, 3.63) is 77.9 Å². The van der Waals surface area contributed by atoms with E-state index in [2.05, 4.69) is 34.7 Å². The molecule has 0 fully saturated rings. The summed E-state index contributed by atoms with van der Waals surface area (Å²) in [5, 5.41) is 5.76. The van der Waals surface area contributed by atoms with Gasteiger partial charge in [-0.05, 0) is 42.2 Å². The molecule has 1 heterocycles. The van der Waals surface area contributed by atoms with Crippen LogP contribution in [0.25, 0.3) is 0 Å². The molecular formula is C22H26N4O2. The highest BCUT2D eigenvalue weighted by Gasteiger charge is 2.08. The summed E-state index contributed by atoms with van der Waals surface area (Å²) >= 11 is 0. The number of carbonyl (C=O) groups excluding carboxylic acids is 1. The van der Waals surface area contributed by atoms with Crippen molar-refractivity contribution in [2.75, 3.05) is 11.9 Å². The van der Waals surface area contributed by atoms with Crippen LogP contribution in [0.15, 0.2) is 61.2 Å². The molecule has 0 radical (unpaired) electrons. The van der Waals surface area contributed by atoms with Crippen LogP contribution >= 0.6 is 0 Å². The van der Waals surface area contributed by atoms with Gasteiger partial charge in [-0.15, -0.1) is 0 Å². The van der Waals surface area contributed by atoms with Gasteiger partial charge in [-0.25, -0.2) is 9.78 Å². The summed E-state index contributed by atoms with van der Waals surface area (Å²) in [5.41, 5.74) is 3.99. The van der Waals surface area contributed by atoms with Crippen molar-refractivity contribution in [1.82, 2.24) is 14.9 Å². The van der Waals surface area contributed by atoms with Crippen LogP contribution in [0.4, 0.5) is 10.5 Å². The summed E-state index contributed by atoms with van der Waals surface area (Å²) in [7, 11) is 0. The number of rotatable bonds is 8. The molecule has 0 bridgehead atoms. The zero-order valence-electron chi connectivity index (χ0n) is 16.3. The lowest BCUT2D eigenvalue weighted by Gasteiger charge is -2.14. The molecule has 0 saturated heterocycles. The van der Waals surface area contributed by atoms with E-state index in [0.29, 0.717) is 24.6 Å². The lowest BCUT2D eigenvalue weighted by molar-refractivity contribution is 0.251. The Morgan fingerprint density at radius 1 is 1.14 bits per heavy atom. The Labute approximate surface area is 165 Å². The molecule has 28 heavy (non-hydrogen) atoms. The Kier molecular flexibility index (Phi) is 6.68. The Hall–Kier alpha value is -3.28. The van der Waals surface area contributed by atoms with Gasteiger partial charge in [0.2, 0.25) is 0 Å². The summed E-state index contributed by atoms with van der Waals surface area (Å²) in [6, 6.07) is 13.7. The standard InChI is InChI=1S/C22H26N4O2/c1-3-12-28-21-13-17(2)4-9-20(21)25-22(27)24-14-18-5-7-19(8-6-18)15-26-11-10-23-16-26/h4-11,13,16H,3,12,14-15H2,1-2H3,(H2,24,25,27). The number of hydrogen-bond donors (Lipinski definition) is 2. The molecule has 3 rings (SSSR count). The van der Waals surface area contributed by atoms with E-state index in [1.54, 1.807) is 12.5 Å². The molecule has 2 amide bonds. The van der Waals surface area contributed by atoms with Crippen molar-refractivity contribution in [2.45, 2.75) is 33.4 Å². The van der Waals surface area contributed by atoms with Gasteiger partial charge in [0.05, 0.1) is 18.6 Å². The molecule has 6 nitrogen and oxygen atoms in total. The molecule has 0 aliphatic carbocycles. The zero-order valence-corrected chi connectivity index (χ0v) is 16.3. The molecule has 6 heteroatoms. The fourth-order valence-electron chi connectivity index (χ4n) is 2.77. The number of benzene rings is 2. The molecule has 0 aliphatic rings. The largest absolute Gasteiger partial charge is 0.491 e. The minimum atomic E-state index is -0.257. The second-order valence-electron chi connectivity index (χ2n) is 6.71. The Morgan fingerprint density at radius 2 is 1.93 bits per heavy atom. The van der Waals surface area contributed by atoms with Crippen LogP contribution in [0.5, 0.6) is 5.75 Å². The summed E-state index contributed by atoms with van der Waals surface area (Å²) in [5.74, 6) is 0.695. The highest BCUT2D eigenvalue weighted by Crippen LogP contribution is 2.25. The molecule has 146 valence electrons. The van der Waals surface area contributed by atoms with E-state index in [1.165, 1.54) is 5.56 Å². The average Bonchev–Trinajstić information content (AvgIpc) is 3.20. The number of carbonyl (C=O) groups is 1. The van der Waals surface area contributed by atoms with E-state index in [0.717, 1.165) is 24.1 Å². The number of nitrogens with zero attached hydrogens (tertiary/aromatic N) is 2. The molecular weight excluding hydrogens is 352 g/mol. The molecule has 0 spiro atoms. The van der Waals surface area contributed by atoms with Gasteiger partial charge in [0.1, 0.15) is 5.75 Å². The van der Waals surface area contributed by atoms with Crippen LogP contribution in [0.2, 0.25) is 0 Å². The maximum atomic E-state index is 12.3. The van der Waals surface area contributed by atoms with Crippen LogP contribution < -0.4 is 15.4 Å². The second-order valence-corrected chi connectivity index (χ2v) is 6.71. The number of amides is 2. The normalized spacial score (nSPS) is 10.5. The van der Waals surface area contributed by atoms with Crippen molar-refractivity contribution in [2.24, 2.45) is 0 Å². The van der Waals surface area contributed by atoms with Crippen LogP contribution in [0.1, 0.15) is 30.0 Å². The predicted octanol–water partition coefficient (Wildman–Crippen LogP) is 4.35. The number of ether oxygens (including phenoxy) is 1. The van der Waals surface area contributed by atoms with Crippen molar-refractivity contribution in [3.8, 4) is 5.75 Å². The van der Waals surface area contributed by atoms with Crippen molar-refractivity contribution in [1.29, 1.82) is 0 Å². The topological polar surface area (TPSA) is 68.2 Å². The van der Waals surface area contributed by atoms with Crippen LogP contribution in [0.3, 0.4) is 0 Å². The number of aromatic nitrogens is 2. The number of nitrogens with one attached hydrogen (secondary N) is 2. The van der Waals surface area contributed by atoms with Gasteiger partial charge in [-0.2, -0.15) is 0 Å². The van der Waals surface area contributed by atoms with E-state index in [-0.39, 0.29) is 6.03 Å². The number of aryl methyl sites for hydroxylation is 1. The summed E-state index contributed by atoms with van der Waals surface area (Å²) in [6.07, 6.45) is 6.41. The molecule has 2 N–H and O–H groups in total. The van der Waals surface area contributed by atoms with E-state index in [4.69, 9.17) is 4.74 Å². The number of urea groups is 1. The molecule has 0 atom stereocenters. The van der Waals surface area contributed by atoms with Gasteiger partial charge < -0.3 is 19.9 Å². The summed E-state index contributed by atoms with van der Waals surface area (Å²) < 4.78 is 7.75. The molecule has 2 aromatic carbocycles. The first-order valence-corrected chi connectivity index (χ1v) is 9.46. The zero-order chi connectivity index (χ0) is 19.8. The van der Waals surface area contributed by atoms with Gasteiger partial charge in [0.15, 0.2) is 0 Å². The highest BCUT2D eigenvalue weighted by atomic mass is 16.5. The maximum absolute atomic E-state index is 12.3. The fraction of sp³-hybridized carbons (Fsp3) is 0.273. The van der Waals surface area contributed by atoms with Gasteiger partial charge in [-0.1, -0.05) is 37.3 Å². The molecule has 0 saturated carbocycles. The second kappa shape index (κ2) is 9.60. The lowest BCUT2D eigenvalue weighted by Crippen LogP contribution is -2.28. The van der Waals surface area contributed by atoms with Gasteiger partial charge in [0.25, 0.3) is 0 Å². The highest BCUT2D eigenvalue weighted by molar-refractivity contribution is 5.90. The fourth-order valence-corrected chi connectivity index (χ4v) is 2.77. The number of hydrogen-bond acceptors (Lipinski definition) is 3. The quantitative estimate of drug-likeness (QED) is 0.612. The molecule has 1 aromatic heterocycles. The number of anilines is 1. The van der Waals surface area contributed by atoms with E-state index < -0.39 is 0 Å².